The minimum Gasteiger partial charge on any atom is -0.325 e. The minimum atomic E-state index is -0.674. The quantitative estimate of drug-likeness (QED) is 0.237. The molecule has 0 aliphatic carbocycles. The van der Waals surface area contributed by atoms with Crippen LogP contribution in [-0.4, -0.2) is 15.5 Å². The number of nitrogens with zero attached hydrogens (tertiary/aromatic N) is 2. The molecule has 5 nitrogen and oxygen atoms in total. The van der Waals surface area contributed by atoms with Crippen molar-refractivity contribution in [1.82, 2.24) is 9.55 Å². The van der Waals surface area contributed by atoms with Crippen molar-refractivity contribution < 1.29 is 9.18 Å². The van der Waals surface area contributed by atoms with Gasteiger partial charge in [-0.05, 0) is 41.3 Å². The van der Waals surface area contributed by atoms with Gasteiger partial charge in [0.05, 0.1) is 5.39 Å². The molecule has 8 heteroatoms. The number of aromatic nitrogens is 2. The van der Waals surface area contributed by atoms with E-state index in [1.165, 1.54) is 51.9 Å². The summed E-state index contributed by atoms with van der Waals surface area (Å²) < 4.78 is 14.7. The first-order valence-corrected chi connectivity index (χ1v) is 11.2. The lowest BCUT2D eigenvalue weighted by Gasteiger charge is -2.18. The second-order valence-electron chi connectivity index (χ2n) is 6.64. The van der Waals surface area contributed by atoms with Gasteiger partial charge in [0, 0.05) is 12.2 Å². The van der Waals surface area contributed by atoms with Crippen molar-refractivity contribution in [3.63, 3.8) is 0 Å². The molecular formula is C23H18FN3O2S2. The number of carbonyl (C=O) groups excluding carboxylic acids is 1. The third-order valence-corrected chi connectivity index (χ3v) is 6.59. The van der Waals surface area contributed by atoms with E-state index < -0.39 is 5.25 Å². The van der Waals surface area contributed by atoms with Gasteiger partial charge in [0.15, 0.2) is 5.16 Å². The first kappa shape index (κ1) is 21.0. The molecule has 4 rings (SSSR count). The molecule has 0 saturated carbocycles. The van der Waals surface area contributed by atoms with Crippen LogP contribution in [0.15, 0.2) is 88.6 Å². The molecule has 2 aromatic heterocycles. The van der Waals surface area contributed by atoms with E-state index in [9.17, 15) is 14.0 Å². The zero-order valence-electron chi connectivity index (χ0n) is 16.3. The predicted molar refractivity (Wildman–Crippen MR) is 124 cm³/mol. The second-order valence-corrected chi connectivity index (χ2v) is 8.61. The van der Waals surface area contributed by atoms with Gasteiger partial charge in [0.1, 0.15) is 15.9 Å². The maximum Gasteiger partial charge on any atom is 0.263 e. The fourth-order valence-corrected chi connectivity index (χ4v) is 4.97. The van der Waals surface area contributed by atoms with Gasteiger partial charge in [0.25, 0.3) is 5.56 Å². The molecule has 0 aliphatic rings. The highest BCUT2D eigenvalue weighted by Gasteiger charge is 2.25. The molecule has 1 unspecified atom stereocenters. The van der Waals surface area contributed by atoms with E-state index in [2.05, 4.69) is 16.9 Å². The van der Waals surface area contributed by atoms with Crippen molar-refractivity contribution >= 4 is 44.9 Å². The Morgan fingerprint density at radius 3 is 2.65 bits per heavy atom. The van der Waals surface area contributed by atoms with Gasteiger partial charge in [-0.1, -0.05) is 48.2 Å². The molecule has 0 saturated heterocycles. The van der Waals surface area contributed by atoms with Gasteiger partial charge in [-0.15, -0.1) is 17.9 Å². The van der Waals surface area contributed by atoms with Gasteiger partial charge in [-0.3, -0.25) is 14.2 Å². The molecule has 156 valence electrons. The Bertz CT molecular complexity index is 1280. The standard InChI is InChI=1S/C23H18FN3O2S2/c1-2-13-27-22(29)18-12-14-30-21(18)26-23(27)31-19(15-6-4-3-5-7-15)20(28)25-17-10-8-16(24)9-11-17/h2-12,14,19H,1,13H2,(H,25,28). The summed E-state index contributed by atoms with van der Waals surface area (Å²) in [6.45, 7) is 4.02. The number of carbonyl (C=O) groups is 1. The van der Waals surface area contributed by atoms with Gasteiger partial charge >= 0.3 is 0 Å². The van der Waals surface area contributed by atoms with Crippen LogP contribution in [0, 0.1) is 5.82 Å². The summed E-state index contributed by atoms with van der Waals surface area (Å²) in [5.74, 6) is -0.678. The van der Waals surface area contributed by atoms with E-state index in [0.29, 0.717) is 21.1 Å². The normalized spacial score (nSPS) is 11.9. The number of allylic oxidation sites excluding steroid dienone is 1. The first-order valence-electron chi connectivity index (χ1n) is 9.44. The third kappa shape index (κ3) is 4.60. The predicted octanol–water partition coefficient (Wildman–Crippen LogP) is 5.26. The highest BCUT2D eigenvalue weighted by Crippen LogP contribution is 2.36. The lowest BCUT2D eigenvalue weighted by atomic mass is 10.1. The summed E-state index contributed by atoms with van der Waals surface area (Å²) in [6.07, 6.45) is 1.63. The van der Waals surface area contributed by atoms with Crippen LogP contribution in [0.4, 0.5) is 10.1 Å². The van der Waals surface area contributed by atoms with Crippen molar-refractivity contribution in [1.29, 1.82) is 0 Å². The molecule has 0 aliphatic heterocycles. The average molecular weight is 452 g/mol. The maximum absolute atomic E-state index is 13.2. The number of hydrogen-bond acceptors (Lipinski definition) is 5. The van der Waals surface area contributed by atoms with E-state index in [4.69, 9.17) is 0 Å². The monoisotopic (exact) mass is 451 g/mol. The van der Waals surface area contributed by atoms with Crippen LogP contribution in [0.2, 0.25) is 0 Å². The minimum absolute atomic E-state index is 0.167. The molecular weight excluding hydrogens is 433 g/mol. The van der Waals surface area contributed by atoms with E-state index in [1.807, 2.05) is 35.7 Å². The number of anilines is 1. The molecule has 0 bridgehead atoms. The Labute approximate surface area is 186 Å². The Morgan fingerprint density at radius 1 is 1.19 bits per heavy atom. The number of nitrogens with one attached hydrogen (secondary N) is 1. The number of hydrogen-bond donors (Lipinski definition) is 1. The fourth-order valence-electron chi connectivity index (χ4n) is 3.06. The van der Waals surface area contributed by atoms with Crippen molar-refractivity contribution in [2.24, 2.45) is 0 Å². The van der Waals surface area contributed by atoms with Gasteiger partial charge in [-0.2, -0.15) is 0 Å². The Balaban J connectivity index is 1.74. The molecule has 2 heterocycles. The summed E-state index contributed by atoms with van der Waals surface area (Å²) in [7, 11) is 0. The number of fused-ring (bicyclic) bond motifs is 1. The summed E-state index contributed by atoms with van der Waals surface area (Å²) >= 11 is 2.57. The number of thiophene rings is 1. The van der Waals surface area contributed by atoms with Crippen molar-refractivity contribution in [3.05, 3.63) is 100 Å². The molecule has 2 aromatic carbocycles. The van der Waals surface area contributed by atoms with E-state index in [1.54, 1.807) is 12.1 Å². The third-order valence-electron chi connectivity index (χ3n) is 4.54. The number of amides is 1. The Morgan fingerprint density at radius 2 is 1.94 bits per heavy atom. The average Bonchev–Trinajstić information content (AvgIpc) is 3.25. The van der Waals surface area contributed by atoms with Crippen LogP contribution in [0.3, 0.4) is 0 Å². The maximum atomic E-state index is 13.2. The van der Waals surface area contributed by atoms with Gasteiger partial charge in [0.2, 0.25) is 5.91 Å². The van der Waals surface area contributed by atoms with Crippen LogP contribution in [-0.2, 0) is 11.3 Å². The number of thioether (sulfide) groups is 1. The summed E-state index contributed by atoms with van der Waals surface area (Å²) in [6, 6.07) is 16.6. The molecule has 0 spiro atoms. The van der Waals surface area contributed by atoms with Crippen LogP contribution in [0.25, 0.3) is 10.2 Å². The van der Waals surface area contributed by atoms with Gasteiger partial charge in [-0.25, -0.2) is 9.37 Å². The summed E-state index contributed by atoms with van der Waals surface area (Å²) in [5, 5.41) is 4.95. The SMILES string of the molecule is C=CCn1c(SC(C(=O)Nc2ccc(F)cc2)c2ccccc2)nc2sccc2c1=O. The molecule has 1 amide bonds. The lowest BCUT2D eigenvalue weighted by Crippen LogP contribution is -2.24. The number of halogens is 1. The van der Waals surface area contributed by atoms with Crippen molar-refractivity contribution in [3.8, 4) is 0 Å². The molecule has 4 aromatic rings. The fraction of sp³-hybridized carbons (Fsp3) is 0.0870. The van der Waals surface area contributed by atoms with Crippen LogP contribution < -0.4 is 10.9 Å². The molecule has 31 heavy (non-hydrogen) atoms. The van der Waals surface area contributed by atoms with Crippen LogP contribution in [0.5, 0.6) is 0 Å². The van der Waals surface area contributed by atoms with Crippen LogP contribution >= 0.6 is 23.1 Å². The largest absolute Gasteiger partial charge is 0.325 e. The number of rotatable bonds is 7. The van der Waals surface area contributed by atoms with E-state index in [-0.39, 0.29) is 23.8 Å². The van der Waals surface area contributed by atoms with Crippen LogP contribution in [0.1, 0.15) is 10.8 Å². The zero-order chi connectivity index (χ0) is 21.8. The highest BCUT2D eigenvalue weighted by atomic mass is 32.2. The highest BCUT2D eigenvalue weighted by molar-refractivity contribution is 8.00. The summed E-state index contributed by atoms with van der Waals surface area (Å²) in [4.78, 5) is 31.4. The molecule has 0 radical (unpaired) electrons. The first-order chi connectivity index (χ1) is 15.1. The lowest BCUT2D eigenvalue weighted by molar-refractivity contribution is -0.115. The zero-order valence-corrected chi connectivity index (χ0v) is 18.0. The van der Waals surface area contributed by atoms with Crippen molar-refractivity contribution in [2.45, 2.75) is 17.0 Å². The van der Waals surface area contributed by atoms with Gasteiger partial charge < -0.3 is 5.32 Å². The molecule has 1 atom stereocenters. The molecule has 1 N–H and O–H groups in total. The van der Waals surface area contributed by atoms with Crippen molar-refractivity contribution in [2.75, 3.05) is 5.32 Å². The Hall–Kier alpha value is -3.23. The smallest absolute Gasteiger partial charge is 0.263 e. The second kappa shape index (κ2) is 9.28. The number of benzene rings is 2. The Kier molecular flexibility index (Phi) is 6.29. The topological polar surface area (TPSA) is 64.0 Å². The molecule has 0 fully saturated rings. The van der Waals surface area contributed by atoms with E-state index in [0.717, 1.165) is 5.56 Å². The van der Waals surface area contributed by atoms with E-state index >= 15 is 0 Å². The summed E-state index contributed by atoms with van der Waals surface area (Å²) in [5.41, 5.74) is 1.08.